The molecule has 1 fully saturated rings. The van der Waals surface area contributed by atoms with E-state index in [1.165, 1.54) is 37.1 Å². The molecule has 136 valence electrons. The van der Waals surface area contributed by atoms with Crippen molar-refractivity contribution < 1.29 is 4.79 Å². The summed E-state index contributed by atoms with van der Waals surface area (Å²) >= 11 is 1.64. The minimum atomic E-state index is -0.0202. The molecule has 1 N–H and O–H groups in total. The first kappa shape index (κ1) is 18.7. The number of nitrogens with one attached hydrogen (secondary N) is 1. The highest BCUT2D eigenvalue weighted by atomic mass is 32.2. The van der Waals surface area contributed by atoms with Gasteiger partial charge in [-0.1, -0.05) is 42.5 Å². The lowest BCUT2D eigenvalue weighted by atomic mass is 10.1. The van der Waals surface area contributed by atoms with Crippen LogP contribution in [-0.4, -0.2) is 29.6 Å². The van der Waals surface area contributed by atoms with E-state index in [9.17, 15) is 4.79 Å². The van der Waals surface area contributed by atoms with Crippen molar-refractivity contribution in [2.24, 2.45) is 0 Å². The molecule has 1 aliphatic rings. The van der Waals surface area contributed by atoms with E-state index in [-0.39, 0.29) is 5.91 Å². The van der Waals surface area contributed by atoms with Crippen molar-refractivity contribution in [3.8, 4) is 0 Å². The Balaban J connectivity index is 1.65. The first-order valence-electron chi connectivity index (χ1n) is 9.18. The van der Waals surface area contributed by atoms with Crippen LogP contribution in [0.5, 0.6) is 0 Å². The third-order valence-electron chi connectivity index (χ3n) is 4.64. The maximum Gasteiger partial charge on any atom is 0.252 e. The van der Waals surface area contributed by atoms with E-state index in [2.05, 4.69) is 35.0 Å². The molecule has 3 nitrogen and oxygen atoms in total. The number of thioether (sulfide) groups is 1. The van der Waals surface area contributed by atoms with E-state index in [1.54, 1.807) is 11.8 Å². The number of carbonyl (C=O) groups is 1. The van der Waals surface area contributed by atoms with Crippen LogP contribution in [0.15, 0.2) is 66.1 Å². The molecule has 0 atom stereocenters. The number of amides is 1. The van der Waals surface area contributed by atoms with Crippen LogP contribution in [-0.2, 0) is 13.1 Å². The van der Waals surface area contributed by atoms with E-state index in [0.29, 0.717) is 6.54 Å². The summed E-state index contributed by atoms with van der Waals surface area (Å²) in [5.41, 5.74) is 3.24. The summed E-state index contributed by atoms with van der Waals surface area (Å²) in [6.07, 6.45) is 4.43. The average molecular weight is 367 g/mol. The third-order valence-corrected chi connectivity index (χ3v) is 5.71. The summed E-state index contributed by atoms with van der Waals surface area (Å²) < 4.78 is 0. The molecule has 1 amide bonds. The highest BCUT2D eigenvalue weighted by Crippen LogP contribution is 2.23. The first-order chi connectivity index (χ1) is 12.8. The molecule has 0 saturated carbocycles. The lowest BCUT2D eigenvalue weighted by Crippen LogP contribution is -2.25. The van der Waals surface area contributed by atoms with Crippen LogP contribution in [0.1, 0.15) is 34.3 Å². The molecule has 1 heterocycles. The van der Waals surface area contributed by atoms with E-state index in [4.69, 9.17) is 0 Å². The molecule has 2 aromatic carbocycles. The maximum absolute atomic E-state index is 12.7. The number of hydrogen-bond donors (Lipinski definition) is 1. The van der Waals surface area contributed by atoms with Gasteiger partial charge in [0.15, 0.2) is 0 Å². The van der Waals surface area contributed by atoms with Gasteiger partial charge in [0.1, 0.15) is 0 Å². The molecule has 1 saturated heterocycles. The molecule has 0 radical (unpaired) electrons. The second-order valence-corrected chi connectivity index (χ2v) is 7.59. The van der Waals surface area contributed by atoms with Crippen molar-refractivity contribution >= 4 is 17.7 Å². The van der Waals surface area contributed by atoms with E-state index >= 15 is 0 Å². The van der Waals surface area contributed by atoms with Gasteiger partial charge in [-0.3, -0.25) is 9.69 Å². The highest BCUT2D eigenvalue weighted by molar-refractivity contribution is 7.99. The van der Waals surface area contributed by atoms with Crippen molar-refractivity contribution in [3.05, 3.63) is 77.9 Å². The summed E-state index contributed by atoms with van der Waals surface area (Å²) in [4.78, 5) is 16.2. The van der Waals surface area contributed by atoms with Gasteiger partial charge >= 0.3 is 0 Å². The van der Waals surface area contributed by atoms with Crippen LogP contribution < -0.4 is 5.32 Å². The van der Waals surface area contributed by atoms with Gasteiger partial charge < -0.3 is 5.32 Å². The molecule has 26 heavy (non-hydrogen) atoms. The van der Waals surface area contributed by atoms with Crippen LogP contribution >= 0.6 is 11.8 Å². The quantitative estimate of drug-likeness (QED) is 0.552. The number of carbonyl (C=O) groups excluding carboxylic acids is 1. The molecule has 3 rings (SSSR count). The second-order valence-electron chi connectivity index (χ2n) is 6.53. The summed E-state index contributed by atoms with van der Waals surface area (Å²) in [7, 11) is 0. The molecular formula is C22H26N2OS. The van der Waals surface area contributed by atoms with Gasteiger partial charge in [0, 0.05) is 23.7 Å². The number of nitrogens with zero attached hydrogens (tertiary/aromatic N) is 1. The summed E-state index contributed by atoms with van der Waals surface area (Å²) in [6, 6.07) is 16.2. The van der Waals surface area contributed by atoms with Crippen molar-refractivity contribution in [1.29, 1.82) is 0 Å². The molecule has 0 aliphatic carbocycles. The Morgan fingerprint density at radius 3 is 2.54 bits per heavy atom. The van der Waals surface area contributed by atoms with Gasteiger partial charge in [-0.15, -0.1) is 18.3 Å². The van der Waals surface area contributed by atoms with Crippen molar-refractivity contribution in [2.75, 3.05) is 18.8 Å². The van der Waals surface area contributed by atoms with E-state index in [0.717, 1.165) is 22.8 Å². The molecule has 1 aliphatic heterocycles. The van der Waals surface area contributed by atoms with Gasteiger partial charge in [-0.25, -0.2) is 0 Å². The normalized spacial score (nSPS) is 14.3. The first-order valence-corrected chi connectivity index (χ1v) is 10.2. The zero-order valence-corrected chi connectivity index (χ0v) is 15.9. The van der Waals surface area contributed by atoms with Crippen LogP contribution in [0.3, 0.4) is 0 Å². The van der Waals surface area contributed by atoms with Crippen LogP contribution in [0.25, 0.3) is 0 Å². The second kappa shape index (κ2) is 9.60. The number of rotatable bonds is 8. The number of likely N-dealkylation sites (tertiary alicyclic amines) is 1. The van der Waals surface area contributed by atoms with E-state index in [1.807, 2.05) is 36.4 Å². The average Bonchev–Trinajstić information content (AvgIpc) is 3.19. The topological polar surface area (TPSA) is 32.3 Å². The highest BCUT2D eigenvalue weighted by Gasteiger charge is 2.15. The summed E-state index contributed by atoms with van der Waals surface area (Å²) in [5.74, 6) is 0.774. The molecule has 0 aromatic heterocycles. The standard InChI is InChI=1S/C22H26N2OS/c1-2-15-26-21-12-6-5-11-20(21)22(25)23-16-18-9-3-4-10-19(18)17-24-13-7-8-14-24/h2-6,9-12H,1,7-8,13-17H2,(H,23,25). The predicted molar refractivity (Wildman–Crippen MR) is 109 cm³/mol. The molecule has 0 unspecified atom stereocenters. The predicted octanol–water partition coefficient (Wildman–Crippen LogP) is 4.49. The van der Waals surface area contributed by atoms with Crippen LogP contribution in [0, 0.1) is 0 Å². The largest absolute Gasteiger partial charge is 0.348 e. The van der Waals surface area contributed by atoms with Gasteiger partial charge in [-0.2, -0.15) is 0 Å². The smallest absolute Gasteiger partial charge is 0.252 e. The Labute approximate surface area is 160 Å². The Bertz CT molecular complexity index is 753. The van der Waals surface area contributed by atoms with Gasteiger partial charge in [-0.05, 0) is 49.2 Å². The van der Waals surface area contributed by atoms with Gasteiger partial charge in [0.05, 0.1) is 5.56 Å². The van der Waals surface area contributed by atoms with Gasteiger partial charge in [0.25, 0.3) is 5.91 Å². The monoisotopic (exact) mass is 366 g/mol. The SMILES string of the molecule is C=CCSc1ccccc1C(=O)NCc1ccccc1CN1CCCC1. The number of hydrogen-bond acceptors (Lipinski definition) is 3. The maximum atomic E-state index is 12.7. The van der Waals surface area contributed by atoms with Crippen LogP contribution in [0.4, 0.5) is 0 Å². The minimum Gasteiger partial charge on any atom is -0.348 e. The molecule has 4 heteroatoms. The summed E-state index contributed by atoms with van der Waals surface area (Å²) in [5, 5.41) is 3.10. The fourth-order valence-corrected chi connectivity index (χ4v) is 4.05. The Kier molecular flexibility index (Phi) is 6.92. The van der Waals surface area contributed by atoms with Crippen molar-refractivity contribution in [2.45, 2.75) is 30.8 Å². The Morgan fingerprint density at radius 2 is 1.77 bits per heavy atom. The lowest BCUT2D eigenvalue weighted by Gasteiger charge is -2.18. The molecule has 0 bridgehead atoms. The molecule has 0 spiro atoms. The summed E-state index contributed by atoms with van der Waals surface area (Å²) in [6.45, 7) is 7.63. The van der Waals surface area contributed by atoms with Crippen molar-refractivity contribution in [1.82, 2.24) is 10.2 Å². The van der Waals surface area contributed by atoms with Crippen molar-refractivity contribution in [3.63, 3.8) is 0 Å². The molecule has 2 aromatic rings. The lowest BCUT2D eigenvalue weighted by molar-refractivity contribution is 0.0948. The van der Waals surface area contributed by atoms with E-state index < -0.39 is 0 Å². The molecular weight excluding hydrogens is 340 g/mol. The Morgan fingerprint density at radius 1 is 1.08 bits per heavy atom. The fourth-order valence-electron chi connectivity index (χ4n) is 3.27. The Hall–Kier alpha value is -2.04. The zero-order valence-electron chi connectivity index (χ0n) is 15.1. The number of benzene rings is 2. The van der Waals surface area contributed by atoms with Crippen LogP contribution in [0.2, 0.25) is 0 Å². The zero-order chi connectivity index (χ0) is 18.2. The minimum absolute atomic E-state index is 0.0202. The third kappa shape index (κ3) is 4.99. The van der Waals surface area contributed by atoms with Gasteiger partial charge in [0.2, 0.25) is 0 Å². The fraction of sp³-hybridized carbons (Fsp3) is 0.318.